The Kier molecular flexibility index (Phi) is 5.42. The number of halogens is 1. The van der Waals surface area contributed by atoms with E-state index in [2.05, 4.69) is 5.10 Å². The highest BCUT2D eigenvalue weighted by atomic mass is 19.1. The molecule has 2 aliphatic rings. The largest absolute Gasteiger partial charge is 0.444 e. The average Bonchev–Trinajstić information content (AvgIpc) is 3.49. The first-order valence-electron chi connectivity index (χ1n) is 11.7. The Hall–Kier alpha value is -3.68. The molecule has 7 nitrogen and oxygen atoms in total. The van der Waals surface area contributed by atoms with Crippen LogP contribution >= 0.6 is 0 Å². The van der Waals surface area contributed by atoms with Gasteiger partial charge in [0, 0.05) is 43.1 Å². The number of fused-ring (bicyclic) bond motifs is 2. The third-order valence-corrected chi connectivity index (χ3v) is 6.71. The second-order valence-electron chi connectivity index (χ2n) is 10.4. The molecule has 182 valence electrons. The lowest BCUT2D eigenvalue weighted by atomic mass is 9.81. The molecular weight excluding hydrogens is 447 g/mol. The van der Waals surface area contributed by atoms with Gasteiger partial charge in [-0.15, -0.1) is 0 Å². The van der Waals surface area contributed by atoms with Crippen LogP contribution in [-0.2, 0) is 28.5 Å². The minimum absolute atomic E-state index is 0.111. The number of carbonyl (C=O) groups excluding carboxylic acids is 2. The Morgan fingerprint density at radius 2 is 1.94 bits per heavy atom. The number of amides is 2. The number of rotatable bonds is 3. The molecule has 1 unspecified atom stereocenters. The molecule has 1 aromatic heterocycles. The first-order chi connectivity index (χ1) is 16.6. The molecule has 2 amide bonds. The summed E-state index contributed by atoms with van der Waals surface area (Å²) in [7, 11) is 1.81. The summed E-state index contributed by atoms with van der Waals surface area (Å²) in [6.07, 6.45) is 3.60. The van der Waals surface area contributed by atoms with Crippen LogP contribution in [0.4, 0.5) is 14.9 Å². The number of hydrogen-bond acceptors (Lipinski definition) is 4. The summed E-state index contributed by atoms with van der Waals surface area (Å²) in [6.45, 7) is 6.25. The molecular formula is C27H29FN4O3. The number of aromatic nitrogens is 2. The zero-order valence-electron chi connectivity index (χ0n) is 20.4. The monoisotopic (exact) mass is 476 g/mol. The third-order valence-electron chi connectivity index (χ3n) is 6.71. The molecule has 8 heteroatoms. The van der Waals surface area contributed by atoms with Crippen molar-refractivity contribution in [3.8, 4) is 11.1 Å². The summed E-state index contributed by atoms with van der Waals surface area (Å²) < 4.78 is 22.4. The zero-order valence-corrected chi connectivity index (χ0v) is 20.4. The van der Waals surface area contributed by atoms with Crippen molar-refractivity contribution in [1.82, 2.24) is 14.7 Å². The maximum Gasteiger partial charge on any atom is 0.410 e. The fraction of sp³-hybridized carbons (Fsp3) is 0.370. The minimum atomic E-state index is -0.848. The van der Waals surface area contributed by atoms with Gasteiger partial charge in [0.25, 0.3) is 0 Å². The van der Waals surface area contributed by atoms with E-state index in [1.54, 1.807) is 26.7 Å². The first kappa shape index (κ1) is 23.1. The van der Waals surface area contributed by atoms with Crippen molar-refractivity contribution in [2.75, 3.05) is 18.0 Å². The van der Waals surface area contributed by atoms with Gasteiger partial charge in [-0.05, 0) is 50.5 Å². The lowest BCUT2D eigenvalue weighted by molar-refractivity contribution is -0.122. The highest BCUT2D eigenvalue weighted by Crippen LogP contribution is 2.48. The highest BCUT2D eigenvalue weighted by molar-refractivity contribution is 6.08. The van der Waals surface area contributed by atoms with E-state index in [0.717, 1.165) is 22.4 Å². The molecule has 0 aliphatic carbocycles. The molecule has 5 rings (SSSR count). The van der Waals surface area contributed by atoms with E-state index in [-0.39, 0.29) is 24.8 Å². The van der Waals surface area contributed by atoms with E-state index in [1.807, 2.05) is 64.3 Å². The number of aryl methyl sites for hydroxylation is 1. The Morgan fingerprint density at radius 3 is 2.63 bits per heavy atom. The molecule has 1 spiro atoms. The molecule has 0 bridgehead atoms. The van der Waals surface area contributed by atoms with Crippen molar-refractivity contribution in [2.24, 2.45) is 7.05 Å². The summed E-state index contributed by atoms with van der Waals surface area (Å²) in [5.74, 6) is -0.486. The maximum atomic E-state index is 15.2. The Labute approximate surface area is 204 Å². The first-order valence-corrected chi connectivity index (χ1v) is 11.7. The number of anilines is 1. The van der Waals surface area contributed by atoms with Crippen LogP contribution in [0.3, 0.4) is 0 Å². The number of carbonyl (C=O) groups is 2. The minimum Gasteiger partial charge on any atom is -0.444 e. The topological polar surface area (TPSA) is 67.7 Å². The van der Waals surface area contributed by atoms with Crippen molar-refractivity contribution < 1.29 is 18.7 Å². The van der Waals surface area contributed by atoms with Gasteiger partial charge in [-0.25, -0.2) is 9.18 Å². The molecule has 1 fully saturated rings. The number of para-hydroxylation sites is 1. The van der Waals surface area contributed by atoms with Crippen molar-refractivity contribution in [3.05, 3.63) is 71.8 Å². The third kappa shape index (κ3) is 4.07. The molecule has 0 saturated carbocycles. The van der Waals surface area contributed by atoms with Gasteiger partial charge in [-0.1, -0.05) is 30.3 Å². The van der Waals surface area contributed by atoms with E-state index in [4.69, 9.17) is 4.74 Å². The van der Waals surface area contributed by atoms with Crippen molar-refractivity contribution in [1.29, 1.82) is 0 Å². The van der Waals surface area contributed by atoms with Gasteiger partial charge in [0.2, 0.25) is 5.91 Å². The highest BCUT2D eigenvalue weighted by Gasteiger charge is 2.55. The predicted molar refractivity (Wildman–Crippen MR) is 130 cm³/mol. The van der Waals surface area contributed by atoms with Crippen LogP contribution in [-0.4, -0.2) is 45.4 Å². The predicted octanol–water partition coefficient (Wildman–Crippen LogP) is 4.65. The Morgan fingerprint density at radius 1 is 1.17 bits per heavy atom. The number of ether oxygens (including phenoxy) is 1. The summed E-state index contributed by atoms with van der Waals surface area (Å²) >= 11 is 0. The molecule has 3 aromatic rings. The zero-order chi connectivity index (χ0) is 25.0. The van der Waals surface area contributed by atoms with Crippen molar-refractivity contribution >= 4 is 17.7 Å². The van der Waals surface area contributed by atoms with E-state index in [1.165, 1.54) is 6.07 Å². The molecule has 3 heterocycles. The van der Waals surface area contributed by atoms with Crippen LogP contribution < -0.4 is 4.90 Å². The average molecular weight is 477 g/mol. The lowest BCUT2D eigenvalue weighted by Gasteiger charge is -2.27. The van der Waals surface area contributed by atoms with Crippen LogP contribution in [0.5, 0.6) is 0 Å². The van der Waals surface area contributed by atoms with Crippen molar-refractivity contribution in [3.63, 3.8) is 0 Å². The molecule has 1 atom stereocenters. The molecule has 1 saturated heterocycles. The number of hydrogen-bond donors (Lipinski definition) is 0. The standard InChI is InChI=1S/C27H29FN4O3/c1-26(2,3)35-25(34)31-12-11-27(17-31)21-7-5-6-8-23(21)32(24(27)33)16-19-10-9-18(13-22(19)28)20-14-29-30(4)15-20/h5-10,13-15H,11-12,16-17H2,1-4H3. The van der Waals surface area contributed by atoms with E-state index >= 15 is 4.39 Å². The smallest absolute Gasteiger partial charge is 0.410 e. The van der Waals surface area contributed by atoms with Gasteiger partial charge in [-0.3, -0.25) is 9.48 Å². The van der Waals surface area contributed by atoms with Gasteiger partial charge in [0.15, 0.2) is 0 Å². The molecule has 0 N–H and O–H groups in total. The number of likely N-dealkylation sites (tertiary alicyclic amines) is 1. The van der Waals surface area contributed by atoms with Gasteiger partial charge in [-0.2, -0.15) is 5.10 Å². The Balaban J connectivity index is 1.42. The second kappa shape index (κ2) is 8.22. The summed E-state index contributed by atoms with van der Waals surface area (Å²) in [5.41, 5.74) is 2.17. The fourth-order valence-corrected chi connectivity index (χ4v) is 5.04. The number of nitrogens with zero attached hydrogens (tertiary/aromatic N) is 4. The quantitative estimate of drug-likeness (QED) is 0.552. The number of benzene rings is 2. The van der Waals surface area contributed by atoms with E-state index in [9.17, 15) is 9.59 Å². The normalized spacial score (nSPS) is 19.5. The van der Waals surface area contributed by atoms with E-state index < -0.39 is 17.1 Å². The fourth-order valence-electron chi connectivity index (χ4n) is 5.04. The van der Waals surface area contributed by atoms with Crippen LogP contribution in [0.2, 0.25) is 0 Å². The van der Waals surface area contributed by atoms with Gasteiger partial charge in [0.05, 0.1) is 18.2 Å². The second-order valence-corrected chi connectivity index (χ2v) is 10.4. The van der Waals surface area contributed by atoms with E-state index in [0.29, 0.717) is 18.5 Å². The SMILES string of the molecule is Cn1cc(-c2ccc(CN3C(=O)C4(CCN(C(=O)OC(C)(C)C)C4)c4ccccc43)c(F)c2)cn1. The van der Waals surface area contributed by atoms with Crippen LogP contribution in [0.15, 0.2) is 54.9 Å². The summed E-state index contributed by atoms with van der Waals surface area (Å²) in [5, 5.41) is 4.15. The van der Waals surface area contributed by atoms with Gasteiger partial charge in [0.1, 0.15) is 11.4 Å². The lowest BCUT2D eigenvalue weighted by Crippen LogP contribution is -2.44. The molecule has 35 heavy (non-hydrogen) atoms. The van der Waals surface area contributed by atoms with Crippen LogP contribution in [0, 0.1) is 5.82 Å². The van der Waals surface area contributed by atoms with Crippen molar-refractivity contribution in [2.45, 2.75) is 44.8 Å². The molecule has 0 radical (unpaired) electrons. The van der Waals surface area contributed by atoms with Gasteiger partial charge >= 0.3 is 6.09 Å². The Bertz CT molecular complexity index is 1310. The summed E-state index contributed by atoms with van der Waals surface area (Å²) in [6, 6.07) is 12.6. The van der Waals surface area contributed by atoms with Crippen LogP contribution in [0.1, 0.15) is 38.3 Å². The van der Waals surface area contributed by atoms with Gasteiger partial charge < -0.3 is 14.5 Å². The molecule has 2 aromatic carbocycles. The molecule has 2 aliphatic heterocycles. The summed E-state index contributed by atoms with van der Waals surface area (Å²) in [4.78, 5) is 29.8. The van der Waals surface area contributed by atoms with Crippen LogP contribution in [0.25, 0.3) is 11.1 Å². The maximum absolute atomic E-state index is 15.2.